The van der Waals surface area contributed by atoms with Crippen molar-refractivity contribution in [2.24, 2.45) is 0 Å². The summed E-state index contributed by atoms with van der Waals surface area (Å²) in [6, 6.07) is 6.19. The van der Waals surface area contributed by atoms with Gasteiger partial charge in [-0.2, -0.15) is 12.4 Å². The molecule has 0 spiro atoms. The van der Waals surface area contributed by atoms with Crippen molar-refractivity contribution in [2.45, 2.75) is 0 Å². The third-order valence-corrected chi connectivity index (χ3v) is 2.86. The fraction of sp³-hybridized carbons (Fsp3) is 0. The topological polar surface area (TPSA) is 52.0 Å². The van der Waals surface area contributed by atoms with Gasteiger partial charge in [0.25, 0.3) is 0 Å². The smallest absolute Gasteiger partial charge is 0.217 e. The zero-order valence-corrected chi connectivity index (χ0v) is 8.26. The molecule has 4 nitrogen and oxygen atoms in total. The van der Waals surface area contributed by atoms with E-state index in [9.17, 15) is 12.3 Å². The van der Waals surface area contributed by atoms with Crippen molar-refractivity contribution in [3.63, 3.8) is 0 Å². The van der Waals surface area contributed by atoms with Gasteiger partial charge in [0.05, 0.1) is 11.0 Å². The highest BCUT2D eigenvalue weighted by atomic mass is 35.5. The van der Waals surface area contributed by atoms with Crippen LogP contribution in [0.15, 0.2) is 24.3 Å². The summed E-state index contributed by atoms with van der Waals surface area (Å²) in [6.45, 7) is 0. The van der Waals surface area contributed by atoms with Crippen molar-refractivity contribution < 1.29 is 12.3 Å². The molecule has 0 saturated carbocycles. The lowest BCUT2D eigenvalue weighted by Crippen LogP contribution is -2.05. The Morgan fingerprint density at radius 3 is 2.64 bits per heavy atom. The van der Waals surface area contributed by atoms with Crippen LogP contribution in [0.3, 0.4) is 0 Å². The Kier molecular flexibility index (Phi) is 1.97. The summed E-state index contributed by atoms with van der Waals surface area (Å²) >= 11 is 5.48. The Hall–Kier alpha value is -1.14. The normalized spacial score (nSPS) is 12.1. The van der Waals surface area contributed by atoms with E-state index in [1.165, 1.54) is 6.07 Å². The van der Waals surface area contributed by atoms with Gasteiger partial charge in [-0.05, 0) is 23.7 Å². The molecule has 0 bridgehead atoms. The maximum Gasteiger partial charge on any atom is 0.405 e. The lowest BCUT2D eigenvalue weighted by atomic mass is 10.3. The van der Waals surface area contributed by atoms with Crippen LogP contribution in [-0.2, 0) is 10.4 Å². The van der Waals surface area contributed by atoms with E-state index >= 15 is 0 Å². The lowest BCUT2D eigenvalue weighted by molar-refractivity contribution is 0.543. The van der Waals surface area contributed by atoms with Crippen LogP contribution in [-0.4, -0.2) is 17.4 Å². The maximum atomic E-state index is 12.8. The van der Waals surface area contributed by atoms with Gasteiger partial charge in [0.1, 0.15) is 0 Å². The number of fused-ring (bicyclic) bond motifs is 1. The first-order valence-corrected chi connectivity index (χ1v) is 5.30. The molecular weight excluding hydrogens is 231 g/mol. The van der Waals surface area contributed by atoms with E-state index in [0.717, 1.165) is 0 Å². The molecule has 0 fully saturated rings. The van der Waals surface area contributed by atoms with E-state index < -0.39 is 15.7 Å². The maximum absolute atomic E-state index is 12.8. The highest BCUT2D eigenvalue weighted by Gasteiger charge is 2.19. The Morgan fingerprint density at radius 2 is 2.00 bits per heavy atom. The number of hydrogen-bond acceptors (Lipinski definition) is 3. The van der Waals surface area contributed by atoms with E-state index in [0.29, 0.717) is 9.49 Å². The fourth-order valence-corrected chi connectivity index (χ4v) is 2.22. The van der Waals surface area contributed by atoms with Crippen LogP contribution in [0.5, 0.6) is 0 Å². The molecule has 74 valence electrons. The molecule has 1 aromatic carbocycles. The Balaban J connectivity index is 2.95. The predicted molar refractivity (Wildman–Crippen MR) is 50.2 cm³/mol. The molecule has 0 unspecified atom stereocenters. The minimum absolute atomic E-state index is 0.125. The second kappa shape index (κ2) is 2.93. The number of nitrogens with zero attached hydrogens (tertiary/aromatic N) is 2. The van der Waals surface area contributed by atoms with Crippen LogP contribution >= 0.6 is 11.6 Å². The van der Waals surface area contributed by atoms with E-state index in [4.69, 9.17) is 11.6 Å². The molecule has 2 rings (SSSR count). The number of halogens is 2. The van der Waals surface area contributed by atoms with Crippen molar-refractivity contribution in [1.82, 2.24) is 8.96 Å². The summed E-state index contributed by atoms with van der Waals surface area (Å²) in [5.74, 6) is 0. The predicted octanol–water partition coefficient (Wildman–Crippen LogP) is 1.75. The summed E-state index contributed by atoms with van der Waals surface area (Å²) in [5.41, 5.74) is 0.457. The molecule has 0 radical (unpaired) electrons. The first-order valence-electron chi connectivity index (χ1n) is 3.58. The van der Waals surface area contributed by atoms with Gasteiger partial charge in [0.2, 0.25) is 5.28 Å². The molecule has 1 heterocycles. The quantitative estimate of drug-likeness (QED) is 0.707. The monoisotopic (exact) mass is 234 g/mol. The third-order valence-electron chi connectivity index (χ3n) is 1.70. The summed E-state index contributed by atoms with van der Waals surface area (Å²) in [5, 5.41) is -0.409. The van der Waals surface area contributed by atoms with E-state index in [1.54, 1.807) is 18.2 Å². The number of rotatable bonds is 1. The summed E-state index contributed by atoms with van der Waals surface area (Å²) in [6.07, 6.45) is 0. The molecule has 0 amide bonds. The molecule has 0 aliphatic carbocycles. The molecule has 0 saturated heterocycles. The number of aromatic nitrogens is 2. The summed E-state index contributed by atoms with van der Waals surface area (Å²) in [7, 11) is -4.89. The summed E-state index contributed by atoms with van der Waals surface area (Å²) in [4.78, 5) is 3.69. The van der Waals surface area contributed by atoms with Gasteiger partial charge in [-0.1, -0.05) is 16.0 Å². The van der Waals surface area contributed by atoms with Crippen LogP contribution < -0.4 is 0 Å². The standard InChI is InChI=1S/C7H4ClFN2O2S/c8-7-10-5-3-1-2-4-6(5)11(7)14(9,12)13/h1-4H. The first kappa shape index (κ1) is 9.42. The van der Waals surface area contributed by atoms with Crippen LogP contribution in [0.25, 0.3) is 11.0 Å². The van der Waals surface area contributed by atoms with Gasteiger partial charge in [-0.15, -0.1) is 0 Å². The van der Waals surface area contributed by atoms with Crippen LogP contribution in [0, 0.1) is 0 Å². The number of para-hydroxylation sites is 2. The highest BCUT2D eigenvalue weighted by molar-refractivity contribution is 7.85. The van der Waals surface area contributed by atoms with Crippen molar-refractivity contribution in [1.29, 1.82) is 0 Å². The van der Waals surface area contributed by atoms with Crippen LogP contribution in [0.4, 0.5) is 3.89 Å². The van der Waals surface area contributed by atoms with Gasteiger partial charge in [0, 0.05) is 0 Å². The lowest BCUT2D eigenvalue weighted by Gasteiger charge is -1.96. The molecule has 0 atom stereocenters. The van der Waals surface area contributed by atoms with Gasteiger partial charge in [0.15, 0.2) is 0 Å². The molecule has 14 heavy (non-hydrogen) atoms. The second-order valence-electron chi connectivity index (χ2n) is 2.58. The molecule has 0 N–H and O–H groups in total. The Labute approximate surface area is 84.3 Å². The van der Waals surface area contributed by atoms with Crippen molar-refractivity contribution >= 4 is 33.0 Å². The highest BCUT2D eigenvalue weighted by Crippen LogP contribution is 2.21. The second-order valence-corrected chi connectivity index (χ2v) is 4.10. The molecule has 0 aliphatic heterocycles. The number of imidazole rings is 1. The fourth-order valence-electron chi connectivity index (χ4n) is 1.18. The van der Waals surface area contributed by atoms with E-state index in [2.05, 4.69) is 4.98 Å². The Bertz CT molecular complexity index is 593. The molecule has 2 aromatic rings. The van der Waals surface area contributed by atoms with Gasteiger partial charge in [-0.3, -0.25) is 0 Å². The molecule has 1 aromatic heterocycles. The van der Waals surface area contributed by atoms with Crippen LogP contribution in [0.2, 0.25) is 5.28 Å². The van der Waals surface area contributed by atoms with Gasteiger partial charge in [-0.25, -0.2) is 4.98 Å². The van der Waals surface area contributed by atoms with Crippen molar-refractivity contribution in [3.05, 3.63) is 29.5 Å². The zero-order chi connectivity index (χ0) is 10.3. The van der Waals surface area contributed by atoms with Gasteiger partial charge >= 0.3 is 10.4 Å². The number of hydrogen-bond donors (Lipinski definition) is 0. The average Bonchev–Trinajstić information content (AvgIpc) is 2.38. The van der Waals surface area contributed by atoms with Crippen molar-refractivity contribution in [2.75, 3.05) is 0 Å². The first-order chi connectivity index (χ1) is 6.50. The van der Waals surface area contributed by atoms with Gasteiger partial charge < -0.3 is 0 Å². The largest absolute Gasteiger partial charge is 0.405 e. The summed E-state index contributed by atoms with van der Waals surface area (Å²) < 4.78 is 34.5. The minimum Gasteiger partial charge on any atom is -0.217 e. The molecule has 7 heteroatoms. The van der Waals surface area contributed by atoms with Crippen molar-refractivity contribution in [3.8, 4) is 0 Å². The minimum atomic E-state index is -4.89. The molecule has 0 aliphatic rings. The van der Waals surface area contributed by atoms with E-state index in [-0.39, 0.29) is 5.52 Å². The van der Waals surface area contributed by atoms with Crippen LogP contribution in [0.1, 0.15) is 0 Å². The SMILES string of the molecule is O=S(=O)(F)n1c(Cl)nc2ccccc21. The Morgan fingerprint density at radius 1 is 1.36 bits per heavy atom. The van der Waals surface area contributed by atoms with E-state index in [1.807, 2.05) is 0 Å². The zero-order valence-electron chi connectivity index (χ0n) is 6.68. The average molecular weight is 235 g/mol. The molecular formula is C7H4ClFN2O2S. The third kappa shape index (κ3) is 1.36. The number of benzene rings is 1.